The van der Waals surface area contributed by atoms with Gasteiger partial charge in [0.25, 0.3) is 0 Å². The van der Waals surface area contributed by atoms with Crippen molar-refractivity contribution in [3.05, 3.63) is 24.3 Å². The second-order valence-corrected chi connectivity index (χ2v) is 6.33. The van der Waals surface area contributed by atoms with E-state index in [1.165, 1.54) is 18.0 Å². The molecule has 0 aliphatic rings. The van der Waals surface area contributed by atoms with Crippen LogP contribution in [0.1, 0.15) is 19.7 Å². The SMILES string of the molecule is CC(C)(SCc1nc(-c2ccco2)no1)[C@@H](N)C(=O)O. The Morgan fingerprint density at radius 3 is 2.95 bits per heavy atom. The van der Waals surface area contributed by atoms with Gasteiger partial charge in [0.05, 0.1) is 12.0 Å². The predicted molar refractivity (Wildman–Crippen MR) is 73.0 cm³/mol. The monoisotopic (exact) mass is 297 g/mol. The zero-order valence-electron chi connectivity index (χ0n) is 11.1. The van der Waals surface area contributed by atoms with Gasteiger partial charge in [-0.05, 0) is 26.0 Å². The van der Waals surface area contributed by atoms with Crippen LogP contribution >= 0.6 is 11.8 Å². The summed E-state index contributed by atoms with van der Waals surface area (Å²) >= 11 is 1.35. The summed E-state index contributed by atoms with van der Waals surface area (Å²) in [6.07, 6.45) is 1.52. The van der Waals surface area contributed by atoms with Crippen molar-refractivity contribution in [2.75, 3.05) is 0 Å². The summed E-state index contributed by atoms with van der Waals surface area (Å²) in [5, 5.41) is 12.7. The maximum absolute atomic E-state index is 10.9. The van der Waals surface area contributed by atoms with E-state index in [-0.39, 0.29) is 0 Å². The highest BCUT2D eigenvalue weighted by Crippen LogP contribution is 2.30. The lowest BCUT2D eigenvalue weighted by Gasteiger charge is -2.27. The second-order valence-electron chi connectivity index (χ2n) is 4.70. The van der Waals surface area contributed by atoms with E-state index in [9.17, 15) is 4.79 Å². The van der Waals surface area contributed by atoms with Crippen LogP contribution in [0.3, 0.4) is 0 Å². The minimum atomic E-state index is -1.04. The molecule has 2 rings (SSSR count). The van der Waals surface area contributed by atoms with Crippen molar-refractivity contribution in [2.45, 2.75) is 30.4 Å². The summed E-state index contributed by atoms with van der Waals surface area (Å²) in [4.78, 5) is 15.1. The molecule has 0 spiro atoms. The largest absolute Gasteiger partial charge is 0.480 e. The Morgan fingerprint density at radius 2 is 2.35 bits per heavy atom. The maximum Gasteiger partial charge on any atom is 0.321 e. The van der Waals surface area contributed by atoms with Crippen LogP contribution in [0.25, 0.3) is 11.6 Å². The summed E-state index contributed by atoms with van der Waals surface area (Å²) in [5.41, 5.74) is 5.64. The molecule has 2 aromatic rings. The third kappa shape index (κ3) is 3.20. The van der Waals surface area contributed by atoms with Gasteiger partial charge in [-0.3, -0.25) is 4.79 Å². The Bertz CT molecular complexity index is 579. The van der Waals surface area contributed by atoms with Gasteiger partial charge in [-0.15, -0.1) is 11.8 Å². The second kappa shape index (κ2) is 5.68. The Labute approximate surface area is 119 Å². The lowest BCUT2D eigenvalue weighted by Crippen LogP contribution is -2.46. The molecule has 0 radical (unpaired) electrons. The van der Waals surface area contributed by atoms with Crippen LogP contribution in [0.4, 0.5) is 0 Å². The summed E-state index contributed by atoms with van der Waals surface area (Å²) in [6.45, 7) is 3.53. The Morgan fingerprint density at radius 1 is 1.60 bits per heavy atom. The quantitative estimate of drug-likeness (QED) is 0.828. The fourth-order valence-electron chi connectivity index (χ4n) is 1.45. The molecule has 0 amide bonds. The van der Waals surface area contributed by atoms with Gasteiger partial charge in [0.1, 0.15) is 6.04 Å². The molecular formula is C12H15N3O4S. The number of nitrogens with zero attached hydrogens (tertiary/aromatic N) is 2. The Kier molecular flexibility index (Phi) is 4.15. The van der Waals surface area contributed by atoms with Gasteiger partial charge in [-0.25, -0.2) is 0 Å². The van der Waals surface area contributed by atoms with Crippen molar-refractivity contribution in [2.24, 2.45) is 5.73 Å². The third-order valence-corrected chi connectivity index (χ3v) is 4.18. The van der Waals surface area contributed by atoms with E-state index in [0.29, 0.717) is 23.2 Å². The van der Waals surface area contributed by atoms with Gasteiger partial charge < -0.3 is 19.8 Å². The molecule has 2 heterocycles. The summed E-state index contributed by atoms with van der Waals surface area (Å²) in [7, 11) is 0. The molecule has 20 heavy (non-hydrogen) atoms. The number of hydrogen-bond acceptors (Lipinski definition) is 7. The number of rotatable bonds is 6. The molecule has 0 saturated heterocycles. The van der Waals surface area contributed by atoms with Gasteiger partial charge in [0.2, 0.25) is 11.7 Å². The van der Waals surface area contributed by atoms with Gasteiger partial charge in [-0.1, -0.05) is 5.16 Å². The van der Waals surface area contributed by atoms with E-state index in [4.69, 9.17) is 19.8 Å². The normalized spacial score (nSPS) is 13.3. The van der Waals surface area contributed by atoms with Crippen molar-refractivity contribution in [3.8, 4) is 11.6 Å². The molecule has 0 aliphatic carbocycles. The lowest BCUT2D eigenvalue weighted by atomic mass is 10.1. The molecular weight excluding hydrogens is 282 g/mol. The van der Waals surface area contributed by atoms with E-state index >= 15 is 0 Å². The summed E-state index contributed by atoms with van der Waals surface area (Å²) < 4.78 is 9.60. The number of carboxylic acids is 1. The predicted octanol–water partition coefficient (Wildman–Crippen LogP) is 1.75. The molecule has 8 heteroatoms. The van der Waals surface area contributed by atoms with Crippen LogP contribution in [0.15, 0.2) is 27.3 Å². The Balaban J connectivity index is 2.00. The van der Waals surface area contributed by atoms with Crippen LogP contribution in [-0.2, 0) is 10.5 Å². The molecule has 7 nitrogen and oxygen atoms in total. The van der Waals surface area contributed by atoms with E-state index < -0.39 is 16.8 Å². The molecule has 0 unspecified atom stereocenters. The molecule has 0 aromatic carbocycles. The van der Waals surface area contributed by atoms with E-state index in [1.807, 2.05) is 0 Å². The molecule has 3 N–H and O–H groups in total. The zero-order valence-corrected chi connectivity index (χ0v) is 11.9. The average Bonchev–Trinajstić information content (AvgIpc) is 3.05. The van der Waals surface area contributed by atoms with Crippen LogP contribution in [0, 0.1) is 0 Å². The standard InChI is InChI=1S/C12H15N3O4S/c1-12(2,9(13)11(16)17)20-6-8-14-10(15-19-8)7-4-3-5-18-7/h3-5,9H,6,13H2,1-2H3,(H,16,17)/t9-/m0/s1. The first-order chi connectivity index (χ1) is 9.40. The van der Waals surface area contributed by atoms with Crippen molar-refractivity contribution in [1.82, 2.24) is 10.1 Å². The minimum absolute atomic E-state index is 0.367. The number of thioether (sulfide) groups is 1. The average molecular weight is 297 g/mol. The van der Waals surface area contributed by atoms with Crippen LogP contribution in [0.2, 0.25) is 0 Å². The number of nitrogens with two attached hydrogens (primary N) is 1. The first-order valence-electron chi connectivity index (χ1n) is 5.89. The van der Waals surface area contributed by atoms with Crippen molar-refractivity contribution in [1.29, 1.82) is 0 Å². The number of carboxylic acid groups (broad SMARTS) is 1. The van der Waals surface area contributed by atoms with Gasteiger partial charge >= 0.3 is 5.97 Å². The van der Waals surface area contributed by atoms with Crippen molar-refractivity contribution >= 4 is 17.7 Å². The van der Waals surface area contributed by atoms with E-state index in [0.717, 1.165) is 0 Å². The van der Waals surface area contributed by atoms with Crippen molar-refractivity contribution in [3.63, 3.8) is 0 Å². The van der Waals surface area contributed by atoms with Crippen LogP contribution in [0.5, 0.6) is 0 Å². The number of aliphatic carboxylic acids is 1. The highest BCUT2D eigenvalue weighted by atomic mass is 32.2. The van der Waals surface area contributed by atoms with E-state index in [2.05, 4.69) is 10.1 Å². The van der Waals surface area contributed by atoms with Crippen LogP contribution in [-0.4, -0.2) is 32.0 Å². The van der Waals surface area contributed by atoms with Crippen LogP contribution < -0.4 is 5.73 Å². The van der Waals surface area contributed by atoms with E-state index in [1.54, 1.807) is 26.0 Å². The molecule has 108 valence electrons. The molecule has 0 aliphatic heterocycles. The molecule has 0 fully saturated rings. The maximum atomic E-state index is 10.9. The summed E-state index contributed by atoms with van der Waals surface area (Å²) in [6, 6.07) is 2.49. The van der Waals surface area contributed by atoms with Crippen molar-refractivity contribution < 1.29 is 18.8 Å². The fourth-order valence-corrected chi connectivity index (χ4v) is 2.35. The fraction of sp³-hybridized carbons (Fsp3) is 0.417. The highest BCUT2D eigenvalue weighted by molar-refractivity contribution is 7.99. The number of carbonyl (C=O) groups is 1. The topological polar surface area (TPSA) is 115 Å². The lowest BCUT2D eigenvalue weighted by molar-refractivity contribution is -0.139. The zero-order chi connectivity index (χ0) is 14.8. The molecule has 0 saturated carbocycles. The smallest absolute Gasteiger partial charge is 0.321 e. The first kappa shape index (κ1) is 14.6. The van der Waals surface area contributed by atoms with Gasteiger partial charge in [0, 0.05) is 4.75 Å². The third-order valence-electron chi connectivity index (χ3n) is 2.79. The minimum Gasteiger partial charge on any atom is -0.480 e. The first-order valence-corrected chi connectivity index (χ1v) is 6.87. The van der Waals surface area contributed by atoms with Gasteiger partial charge in [0.15, 0.2) is 5.76 Å². The number of aromatic nitrogens is 2. The summed E-state index contributed by atoms with van der Waals surface area (Å²) in [5.74, 6) is 0.621. The van der Waals surface area contributed by atoms with Gasteiger partial charge in [-0.2, -0.15) is 4.98 Å². The molecule has 1 atom stereocenters. The number of hydrogen-bond donors (Lipinski definition) is 2. The molecule has 2 aromatic heterocycles. The molecule has 0 bridgehead atoms. The number of furan rings is 1. The highest BCUT2D eigenvalue weighted by Gasteiger charge is 2.33. The Hall–Kier alpha value is -1.80.